The molecule has 3 fully saturated rings. The second kappa shape index (κ2) is 7.07. The summed E-state index contributed by atoms with van der Waals surface area (Å²) in [6.07, 6.45) is 3.83. The molecular weight excluding hydrogens is 292 g/mol. The summed E-state index contributed by atoms with van der Waals surface area (Å²) in [7, 11) is 0. The van der Waals surface area contributed by atoms with Crippen molar-refractivity contribution < 1.29 is 9.53 Å². The van der Waals surface area contributed by atoms with Gasteiger partial charge in [0.25, 0.3) is 0 Å². The average Bonchev–Trinajstić information content (AvgIpc) is 3.18. The molecule has 0 spiro atoms. The fraction of sp³-hybridized carbons (Fsp3) is 0.882. The highest BCUT2D eigenvalue weighted by Gasteiger charge is 2.53. The van der Waals surface area contributed by atoms with Gasteiger partial charge in [0.2, 0.25) is 5.91 Å². The van der Waals surface area contributed by atoms with E-state index < -0.39 is 0 Å². The molecule has 4 atom stereocenters. The third kappa shape index (κ3) is 3.62. The van der Waals surface area contributed by atoms with Crippen LogP contribution < -0.4 is 10.6 Å². The van der Waals surface area contributed by atoms with E-state index in [-0.39, 0.29) is 11.9 Å². The Hall–Kier alpha value is -1.30. The minimum Gasteiger partial charge on any atom is -0.374 e. The Balaban J connectivity index is 1.54. The quantitative estimate of drug-likeness (QED) is 0.585. The molecule has 0 radical (unpaired) electrons. The fourth-order valence-electron chi connectivity index (χ4n) is 4.22. The molecule has 0 aromatic heterocycles. The number of aliphatic imine (C=N–C) groups is 1. The number of nitrogens with zero attached hydrogens (tertiary/aromatic N) is 2. The molecule has 6 nitrogen and oxygen atoms in total. The lowest BCUT2D eigenvalue weighted by Crippen LogP contribution is -2.41. The molecule has 0 aromatic carbocycles. The van der Waals surface area contributed by atoms with Gasteiger partial charge in [-0.25, -0.2) is 0 Å². The number of rotatable bonds is 5. The van der Waals surface area contributed by atoms with Gasteiger partial charge in [-0.3, -0.25) is 9.79 Å². The topological polar surface area (TPSA) is 66.0 Å². The summed E-state index contributed by atoms with van der Waals surface area (Å²) in [6, 6.07) is 0.188. The SMILES string of the molecule is CCNC(=NCCC(=O)NC(C)C)N1CC2C3CCC(O3)C2C1. The van der Waals surface area contributed by atoms with Crippen LogP contribution in [0.25, 0.3) is 0 Å². The number of carbonyl (C=O) groups is 1. The highest BCUT2D eigenvalue weighted by Crippen LogP contribution is 2.47. The van der Waals surface area contributed by atoms with Gasteiger partial charge < -0.3 is 20.3 Å². The van der Waals surface area contributed by atoms with E-state index in [0.717, 1.165) is 25.6 Å². The van der Waals surface area contributed by atoms with Crippen LogP contribution in [-0.2, 0) is 9.53 Å². The Labute approximate surface area is 139 Å². The first-order valence-electron chi connectivity index (χ1n) is 9.06. The number of carbonyl (C=O) groups excluding carboxylic acids is 1. The smallest absolute Gasteiger partial charge is 0.222 e. The summed E-state index contributed by atoms with van der Waals surface area (Å²) in [6.45, 7) is 9.51. The molecule has 3 heterocycles. The van der Waals surface area contributed by atoms with Crippen molar-refractivity contribution in [3.63, 3.8) is 0 Å². The van der Waals surface area contributed by atoms with Crippen LogP contribution in [0.4, 0.5) is 0 Å². The summed E-state index contributed by atoms with van der Waals surface area (Å²) in [4.78, 5) is 18.8. The van der Waals surface area contributed by atoms with Crippen LogP contribution in [-0.4, -0.2) is 61.2 Å². The molecule has 2 bridgehead atoms. The second-order valence-corrected chi connectivity index (χ2v) is 7.23. The molecule has 130 valence electrons. The van der Waals surface area contributed by atoms with Crippen LogP contribution in [0.5, 0.6) is 0 Å². The molecule has 23 heavy (non-hydrogen) atoms. The van der Waals surface area contributed by atoms with Crippen molar-refractivity contribution in [1.82, 2.24) is 15.5 Å². The lowest BCUT2D eigenvalue weighted by Gasteiger charge is -2.23. The number of guanidine groups is 1. The zero-order valence-corrected chi connectivity index (χ0v) is 14.5. The Morgan fingerprint density at radius 3 is 2.48 bits per heavy atom. The minimum atomic E-state index is 0.0735. The number of likely N-dealkylation sites (tertiary alicyclic amines) is 1. The van der Waals surface area contributed by atoms with Crippen LogP contribution >= 0.6 is 0 Å². The van der Waals surface area contributed by atoms with E-state index in [9.17, 15) is 4.79 Å². The van der Waals surface area contributed by atoms with E-state index in [1.807, 2.05) is 13.8 Å². The standard InChI is InChI=1S/C17H30N4O2/c1-4-18-17(19-8-7-16(22)20-11(2)3)21-9-12-13(10-21)15-6-5-14(12)23-15/h11-15H,4-10H2,1-3H3,(H,18,19)(H,20,22). The number of hydrogen-bond donors (Lipinski definition) is 2. The number of amides is 1. The first-order valence-corrected chi connectivity index (χ1v) is 9.06. The van der Waals surface area contributed by atoms with Crippen molar-refractivity contribution in [2.45, 2.75) is 58.3 Å². The largest absolute Gasteiger partial charge is 0.374 e. The van der Waals surface area contributed by atoms with Gasteiger partial charge in [-0.2, -0.15) is 0 Å². The summed E-state index contributed by atoms with van der Waals surface area (Å²) >= 11 is 0. The molecule has 3 aliphatic rings. The molecule has 3 rings (SSSR count). The summed E-state index contributed by atoms with van der Waals surface area (Å²) < 4.78 is 6.04. The molecule has 3 saturated heterocycles. The number of ether oxygens (including phenoxy) is 1. The Kier molecular flexibility index (Phi) is 5.09. The highest BCUT2D eigenvalue weighted by molar-refractivity contribution is 5.81. The third-order valence-corrected chi connectivity index (χ3v) is 5.14. The minimum absolute atomic E-state index is 0.0735. The Morgan fingerprint density at radius 2 is 1.91 bits per heavy atom. The van der Waals surface area contributed by atoms with Crippen LogP contribution in [0, 0.1) is 11.8 Å². The maximum absolute atomic E-state index is 11.7. The van der Waals surface area contributed by atoms with Gasteiger partial charge in [0, 0.05) is 43.9 Å². The van der Waals surface area contributed by atoms with Gasteiger partial charge in [-0.15, -0.1) is 0 Å². The van der Waals surface area contributed by atoms with Crippen molar-refractivity contribution in [3.8, 4) is 0 Å². The monoisotopic (exact) mass is 322 g/mol. The number of nitrogens with one attached hydrogen (secondary N) is 2. The maximum Gasteiger partial charge on any atom is 0.222 e. The molecule has 6 heteroatoms. The lowest BCUT2D eigenvalue weighted by molar-refractivity contribution is -0.121. The Morgan fingerprint density at radius 1 is 1.26 bits per heavy atom. The molecular formula is C17H30N4O2. The molecule has 3 aliphatic heterocycles. The number of fused-ring (bicyclic) bond motifs is 5. The zero-order valence-electron chi connectivity index (χ0n) is 14.5. The lowest BCUT2D eigenvalue weighted by atomic mass is 9.82. The predicted molar refractivity (Wildman–Crippen MR) is 90.3 cm³/mol. The van der Waals surface area contributed by atoms with Crippen molar-refractivity contribution in [2.75, 3.05) is 26.2 Å². The van der Waals surface area contributed by atoms with E-state index in [1.54, 1.807) is 0 Å². The summed E-state index contributed by atoms with van der Waals surface area (Å²) in [5.41, 5.74) is 0. The van der Waals surface area contributed by atoms with E-state index in [1.165, 1.54) is 12.8 Å². The molecule has 0 aliphatic carbocycles. The van der Waals surface area contributed by atoms with Gasteiger partial charge >= 0.3 is 0 Å². The predicted octanol–water partition coefficient (Wildman–Crippen LogP) is 0.976. The van der Waals surface area contributed by atoms with E-state index in [0.29, 0.717) is 37.0 Å². The van der Waals surface area contributed by atoms with Crippen molar-refractivity contribution >= 4 is 11.9 Å². The van der Waals surface area contributed by atoms with Crippen LogP contribution in [0.3, 0.4) is 0 Å². The zero-order chi connectivity index (χ0) is 16.4. The van der Waals surface area contributed by atoms with E-state index in [2.05, 4.69) is 27.4 Å². The molecule has 0 aromatic rings. The average molecular weight is 322 g/mol. The van der Waals surface area contributed by atoms with Crippen molar-refractivity contribution in [1.29, 1.82) is 0 Å². The normalized spacial score (nSPS) is 32.5. The van der Waals surface area contributed by atoms with Gasteiger partial charge in [0.05, 0.1) is 18.8 Å². The van der Waals surface area contributed by atoms with Gasteiger partial charge in [-0.05, 0) is 33.6 Å². The molecule has 2 N–H and O–H groups in total. The fourth-order valence-corrected chi connectivity index (χ4v) is 4.22. The van der Waals surface area contributed by atoms with E-state index >= 15 is 0 Å². The summed E-state index contributed by atoms with van der Waals surface area (Å²) in [5, 5.41) is 6.29. The van der Waals surface area contributed by atoms with Gasteiger partial charge in [0.1, 0.15) is 0 Å². The molecule has 1 amide bonds. The molecule has 0 saturated carbocycles. The van der Waals surface area contributed by atoms with E-state index in [4.69, 9.17) is 4.74 Å². The third-order valence-electron chi connectivity index (χ3n) is 5.14. The van der Waals surface area contributed by atoms with Gasteiger partial charge in [0.15, 0.2) is 5.96 Å². The number of hydrogen-bond acceptors (Lipinski definition) is 3. The first kappa shape index (κ1) is 16.6. The maximum atomic E-state index is 11.7. The summed E-state index contributed by atoms with van der Waals surface area (Å²) in [5.74, 6) is 2.37. The highest BCUT2D eigenvalue weighted by atomic mass is 16.5. The van der Waals surface area contributed by atoms with Crippen LogP contribution in [0.2, 0.25) is 0 Å². The first-order chi connectivity index (χ1) is 11.1. The van der Waals surface area contributed by atoms with Gasteiger partial charge in [-0.1, -0.05) is 0 Å². The molecule has 4 unspecified atom stereocenters. The van der Waals surface area contributed by atoms with Crippen molar-refractivity contribution in [3.05, 3.63) is 0 Å². The van der Waals surface area contributed by atoms with Crippen LogP contribution in [0.15, 0.2) is 4.99 Å². The van der Waals surface area contributed by atoms with Crippen molar-refractivity contribution in [2.24, 2.45) is 16.8 Å². The van der Waals surface area contributed by atoms with Crippen LogP contribution in [0.1, 0.15) is 40.0 Å². The second-order valence-electron chi connectivity index (χ2n) is 7.23. The Bertz CT molecular complexity index is 448.